The first-order valence-corrected chi connectivity index (χ1v) is 10.3. The van der Waals surface area contributed by atoms with E-state index in [1.807, 2.05) is 56.6 Å². The third-order valence-electron chi connectivity index (χ3n) is 5.53. The monoisotopic (exact) mass is 421 g/mol. The highest BCUT2D eigenvalue weighted by atomic mass is 16.5. The van der Waals surface area contributed by atoms with Gasteiger partial charge in [-0.05, 0) is 82.0 Å². The molecule has 0 aliphatic carbocycles. The Bertz CT molecular complexity index is 1020. The van der Waals surface area contributed by atoms with Crippen LogP contribution in [0.2, 0.25) is 0 Å². The Morgan fingerprint density at radius 2 is 1.55 bits per heavy atom. The molecule has 1 atom stereocenters. The molecule has 1 N–H and O–H groups in total. The number of ether oxygens (including phenoxy) is 2. The van der Waals surface area contributed by atoms with Crippen LogP contribution >= 0.6 is 0 Å². The zero-order valence-electron chi connectivity index (χ0n) is 19.1. The van der Waals surface area contributed by atoms with Crippen molar-refractivity contribution >= 4 is 5.91 Å². The summed E-state index contributed by atoms with van der Waals surface area (Å²) in [7, 11) is 7.22. The molecule has 1 heterocycles. The Balaban J connectivity index is 1.72. The van der Waals surface area contributed by atoms with Crippen molar-refractivity contribution in [2.45, 2.75) is 19.9 Å². The molecule has 1 unspecified atom stereocenters. The molecule has 0 saturated heterocycles. The molecule has 0 saturated carbocycles. The lowest BCUT2D eigenvalue weighted by Crippen LogP contribution is -2.34. The van der Waals surface area contributed by atoms with Crippen LogP contribution in [-0.2, 0) is 0 Å². The van der Waals surface area contributed by atoms with Gasteiger partial charge in [-0.15, -0.1) is 0 Å². The van der Waals surface area contributed by atoms with Gasteiger partial charge in [0.15, 0.2) is 11.5 Å². The average molecular weight is 422 g/mol. The molecule has 0 fully saturated rings. The molecule has 1 amide bonds. The summed E-state index contributed by atoms with van der Waals surface area (Å²) >= 11 is 0. The number of hydrogen-bond donors (Lipinski definition) is 1. The zero-order chi connectivity index (χ0) is 22.5. The number of amides is 1. The largest absolute Gasteiger partial charge is 0.493 e. The first-order valence-electron chi connectivity index (χ1n) is 10.3. The molecular weight excluding hydrogens is 390 g/mol. The summed E-state index contributed by atoms with van der Waals surface area (Å²) in [5.41, 5.74) is 5.05. The van der Waals surface area contributed by atoms with Gasteiger partial charge in [0, 0.05) is 29.2 Å². The van der Waals surface area contributed by atoms with E-state index in [4.69, 9.17) is 9.47 Å². The minimum absolute atomic E-state index is 0.00629. The number of likely N-dealkylation sites (N-methyl/N-ethyl adjacent to an activating group) is 1. The van der Waals surface area contributed by atoms with E-state index in [1.165, 1.54) is 11.4 Å². The maximum Gasteiger partial charge on any atom is 0.251 e. The normalized spacial score (nSPS) is 12.0. The van der Waals surface area contributed by atoms with Gasteiger partial charge in [0.25, 0.3) is 5.91 Å². The summed E-state index contributed by atoms with van der Waals surface area (Å²) in [5, 5.41) is 3.06. The number of carbonyl (C=O) groups excluding carboxylic acids is 1. The molecule has 0 radical (unpaired) electrons. The SMILES string of the molecule is COc1ccc(C(CNC(=O)c2ccc(-n3c(C)ccc3C)cc2)N(C)C)cc1OC. The minimum atomic E-state index is -0.0974. The smallest absolute Gasteiger partial charge is 0.251 e. The van der Waals surface area contributed by atoms with Crippen molar-refractivity contribution in [1.29, 1.82) is 0 Å². The van der Waals surface area contributed by atoms with E-state index >= 15 is 0 Å². The van der Waals surface area contributed by atoms with Crippen LogP contribution in [0.1, 0.15) is 33.4 Å². The van der Waals surface area contributed by atoms with Gasteiger partial charge >= 0.3 is 0 Å². The standard InChI is InChI=1S/C25H31N3O3/c1-17-7-8-18(2)28(17)21-12-9-19(10-13-21)25(29)26-16-22(27(3)4)20-11-14-23(30-5)24(15-20)31-6/h7-15,22H,16H2,1-6H3,(H,26,29). The van der Waals surface area contributed by atoms with Crippen molar-refractivity contribution < 1.29 is 14.3 Å². The van der Waals surface area contributed by atoms with E-state index in [0.29, 0.717) is 23.6 Å². The summed E-state index contributed by atoms with van der Waals surface area (Å²) in [4.78, 5) is 14.8. The second-order valence-corrected chi connectivity index (χ2v) is 7.80. The van der Waals surface area contributed by atoms with Gasteiger partial charge in [0.1, 0.15) is 0 Å². The third-order valence-corrected chi connectivity index (χ3v) is 5.53. The van der Waals surface area contributed by atoms with Crippen LogP contribution in [0.15, 0.2) is 54.6 Å². The van der Waals surface area contributed by atoms with Crippen molar-refractivity contribution in [2.24, 2.45) is 0 Å². The summed E-state index contributed by atoms with van der Waals surface area (Å²) in [5.74, 6) is 1.25. The Kier molecular flexibility index (Phi) is 7.02. The Hall–Kier alpha value is -3.25. The van der Waals surface area contributed by atoms with Crippen LogP contribution in [-0.4, -0.2) is 50.2 Å². The Labute approximate surface area is 184 Å². The lowest BCUT2D eigenvalue weighted by molar-refractivity contribution is 0.0942. The number of aromatic nitrogens is 1. The first-order chi connectivity index (χ1) is 14.8. The fraction of sp³-hybridized carbons (Fsp3) is 0.320. The highest BCUT2D eigenvalue weighted by Crippen LogP contribution is 2.31. The molecule has 0 spiro atoms. The minimum Gasteiger partial charge on any atom is -0.493 e. The fourth-order valence-electron chi connectivity index (χ4n) is 3.79. The molecule has 3 aromatic rings. The number of aryl methyl sites for hydroxylation is 2. The van der Waals surface area contributed by atoms with Crippen molar-refractivity contribution in [3.8, 4) is 17.2 Å². The van der Waals surface area contributed by atoms with Crippen molar-refractivity contribution in [2.75, 3.05) is 34.9 Å². The number of rotatable bonds is 8. The van der Waals surface area contributed by atoms with Crippen molar-refractivity contribution in [3.05, 3.63) is 77.1 Å². The van der Waals surface area contributed by atoms with Crippen LogP contribution in [0.5, 0.6) is 11.5 Å². The van der Waals surface area contributed by atoms with Crippen LogP contribution < -0.4 is 14.8 Å². The topological polar surface area (TPSA) is 55.7 Å². The Morgan fingerprint density at radius 1 is 0.935 bits per heavy atom. The highest BCUT2D eigenvalue weighted by molar-refractivity contribution is 5.94. The summed E-state index contributed by atoms with van der Waals surface area (Å²) in [6, 6.07) is 17.7. The maximum atomic E-state index is 12.8. The van der Waals surface area contributed by atoms with Gasteiger partial charge in [-0.25, -0.2) is 0 Å². The molecule has 2 aromatic carbocycles. The third kappa shape index (κ3) is 4.91. The molecule has 3 rings (SSSR count). The zero-order valence-corrected chi connectivity index (χ0v) is 19.1. The van der Waals surface area contributed by atoms with Crippen LogP contribution in [0, 0.1) is 13.8 Å². The average Bonchev–Trinajstić information content (AvgIpc) is 3.11. The molecule has 6 heteroatoms. The van der Waals surface area contributed by atoms with Crippen molar-refractivity contribution in [1.82, 2.24) is 14.8 Å². The highest BCUT2D eigenvalue weighted by Gasteiger charge is 2.18. The molecule has 6 nitrogen and oxygen atoms in total. The van der Waals surface area contributed by atoms with Gasteiger partial charge in [-0.1, -0.05) is 6.07 Å². The number of nitrogens with one attached hydrogen (secondary N) is 1. The van der Waals surface area contributed by atoms with Gasteiger partial charge in [-0.2, -0.15) is 0 Å². The van der Waals surface area contributed by atoms with E-state index in [0.717, 1.165) is 11.3 Å². The number of benzene rings is 2. The second kappa shape index (κ2) is 9.71. The molecule has 1 aromatic heterocycles. The summed E-state index contributed by atoms with van der Waals surface area (Å²) in [6.07, 6.45) is 0. The second-order valence-electron chi connectivity index (χ2n) is 7.80. The van der Waals surface area contributed by atoms with Gasteiger partial charge < -0.3 is 24.3 Å². The van der Waals surface area contributed by atoms with Crippen molar-refractivity contribution in [3.63, 3.8) is 0 Å². The van der Waals surface area contributed by atoms with E-state index in [9.17, 15) is 4.79 Å². The quantitative estimate of drug-likeness (QED) is 0.594. The number of carbonyl (C=O) groups is 1. The van der Waals surface area contributed by atoms with Gasteiger partial charge in [0.05, 0.1) is 20.3 Å². The number of nitrogens with zero attached hydrogens (tertiary/aromatic N) is 2. The van der Waals surface area contributed by atoms with E-state index < -0.39 is 0 Å². The molecule has 164 valence electrons. The van der Waals surface area contributed by atoms with E-state index in [2.05, 4.69) is 40.8 Å². The lowest BCUT2D eigenvalue weighted by Gasteiger charge is -2.26. The van der Waals surface area contributed by atoms with Crippen LogP contribution in [0.3, 0.4) is 0 Å². The number of hydrogen-bond acceptors (Lipinski definition) is 4. The lowest BCUT2D eigenvalue weighted by atomic mass is 10.0. The molecule has 31 heavy (non-hydrogen) atoms. The predicted octanol–water partition coefficient (Wildman–Crippen LogP) is 4.14. The maximum absolute atomic E-state index is 12.8. The van der Waals surface area contributed by atoms with Gasteiger partial charge in [-0.3, -0.25) is 4.79 Å². The predicted molar refractivity (Wildman–Crippen MR) is 124 cm³/mol. The first kappa shape index (κ1) is 22.4. The Morgan fingerprint density at radius 3 is 2.10 bits per heavy atom. The summed E-state index contributed by atoms with van der Waals surface area (Å²) < 4.78 is 12.9. The van der Waals surface area contributed by atoms with E-state index in [1.54, 1.807) is 14.2 Å². The molecule has 0 bridgehead atoms. The molecule has 0 aliphatic heterocycles. The van der Waals surface area contributed by atoms with E-state index in [-0.39, 0.29) is 11.9 Å². The van der Waals surface area contributed by atoms with Gasteiger partial charge in [0.2, 0.25) is 0 Å². The van der Waals surface area contributed by atoms with Crippen LogP contribution in [0.25, 0.3) is 5.69 Å². The molecule has 0 aliphatic rings. The molecular formula is C25H31N3O3. The fourth-order valence-corrected chi connectivity index (χ4v) is 3.79. The van der Waals surface area contributed by atoms with Crippen LogP contribution in [0.4, 0.5) is 0 Å². The summed E-state index contributed by atoms with van der Waals surface area (Å²) in [6.45, 7) is 4.62. The number of methoxy groups -OCH3 is 2.